The number of nitrogens with zero attached hydrogens (tertiary/aromatic N) is 1. The Balaban J connectivity index is 2.85. The van der Waals surface area contributed by atoms with Crippen molar-refractivity contribution in [3.63, 3.8) is 0 Å². The van der Waals surface area contributed by atoms with E-state index in [0.29, 0.717) is 12.2 Å². The van der Waals surface area contributed by atoms with Crippen molar-refractivity contribution in [2.24, 2.45) is 5.73 Å². The first-order valence-electron chi connectivity index (χ1n) is 6.45. The SMILES string of the molecule is CCCCC(CN)N(CC)c1ccccc1F. The highest BCUT2D eigenvalue weighted by Crippen LogP contribution is 2.22. The van der Waals surface area contributed by atoms with Crippen molar-refractivity contribution in [1.29, 1.82) is 0 Å². The number of nitrogens with two attached hydrogens (primary N) is 1. The first-order valence-corrected chi connectivity index (χ1v) is 6.45. The molecule has 0 aliphatic heterocycles. The first-order chi connectivity index (χ1) is 8.24. The van der Waals surface area contributed by atoms with Gasteiger partial charge in [0.15, 0.2) is 0 Å². The molecule has 96 valence electrons. The van der Waals surface area contributed by atoms with Gasteiger partial charge in [-0.05, 0) is 25.5 Å². The summed E-state index contributed by atoms with van der Waals surface area (Å²) in [4.78, 5) is 2.07. The van der Waals surface area contributed by atoms with E-state index in [0.717, 1.165) is 25.8 Å². The second kappa shape index (κ2) is 7.28. The summed E-state index contributed by atoms with van der Waals surface area (Å²) >= 11 is 0. The van der Waals surface area contributed by atoms with Gasteiger partial charge in [0.1, 0.15) is 5.82 Å². The average molecular weight is 238 g/mol. The summed E-state index contributed by atoms with van der Waals surface area (Å²) in [6.45, 7) is 5.56. The zero-order valence-electron chi connectivity index (χ0n) is 10.8. The van der Waals surface area contributed by atoms with Crippen LogP contribution < -0.4 is 10.6 Å². The summed E-state index contributed by atoms with van der Waals surface area (Å²) in [5.41, 5.74) is 6.48. The largest absolute Gasteiger partial charge is 0.365 e. The van der Waals surface area contributed by atoms with Gasteiger partial charge in [-0.25, -0.2) is 4.39 Å². The Hall–Kier alpha value is -1.09. The highest BCUT2D eigenvalue weighted by molar-refractivity contribution is 5.48. The van der Waals surface area contributed by atoms with E-state index in [9.17, 15) is 4.39 Å². The van der Waals surface area contributed by atoms with Crippen LogP contribution in [0.5, 0.6) is 0 Å². The molecule has 17 heavy (non-hydrogen) atoms. The maximum absolute atomic E-state index is 13.8. The lowest BCUT2D eigenvalue weighted by molar-refractivity contribution is 0.526. The van der Waals surface area contributed by atoms with Gasteiger partial charge in [0.05, 0.1) is 5.69 Å². The van der Waals surface area contributed by atoms with Crippen molar-refractivity contribution in [3.8, 4) is 0 Å². The van der Waals surface area contributed by atoms with Crippen molar-refractivity contribution < 1.29 is 4.39 Å². The molecule has 0 aliphatic carbocycles. The number of hydrogen-bond acceptors (Lipinski definition) is 2. The van der Waals surface area contributed by atoms with E-state index >= 15 is 0 Å². The van der Waals surface area contributed by atoms with Crippen LogP contribution in [0, 0.1) is 5.82 Å². The van der Waals surface area contributed by atoms with E-state index in [-0.39, 0.29) is 11.9 Å². The van der Waals surface area contributed by atoms with E-state index < -0.39 is 0 Å². The second-order valence-electron chi connectivity index (χ2n) is 4.27. The van der Waals surface area contributed by atoms with Crippen LogP contribution >= 0.6 is 0 Å². The van der Waals surface area contributed by atoms with Gasteiger partial charge in [0, 0.05) is 19.1 Å². The van der Waals surface area contributed by atoms with E-state index in [4.69, 9.17) is 5.73 Å². The fourth-order valence-electron chi connectivity index (χ4n) is 2.15. The lowest BCUT2D eigenvalue weighted by atomic mass is 10.1. The molecule has 0 fully saturated rings. The first kappa shape index (κ1) is 14.0. The predicted molar refractivity (Wildman–Crippen MR) is 71.8 cm³/mol. The summed E-state index contributed by atoms with van der Waals surface area (Å²) in [5.74, 6) is -0.163. The maximum atomic E-state index is 13.8. The summed E-state index contributed by atoms with van der Waals surface area (Å²) in [5, 5.41) is 0. The molecule has 0 aliphatic rings. The lowest BCUT2D eigenvalue weighted by Gasteiger charge is -2.32. The Bertz CT molecular complexity index is 328. The molecule has 3 heteroatoms. The summed E-state index contributed by atoms with van der Waals surface area (Å²) < 4.78 is 13.8. The number of unbranched alkanes of at least 4 members (excludes halogenated alkanes) is 1. The third-order valence-corrected chi connectivity index (χ3v) is 3.11. The van der Waals surface area contributed by atoms with Crippen LogP contribution in [-0.4, -0.2) is 19.1 Å². The number of hydrogen-bond donors (Lipinski definition) is 1. The third kappa shape index (κ3) is 3.70. The molecule has 2 N–H and O–H groups in total. The number of halogens is 1. The standard InChI is InChI=1S/C14H23FN2/c1-3-5-8-12(11-16)17(4-2)14-10-7-6-9-13(14)15/h6-7,9-10,12H,3-5,8,11,16H2,1-2H3. The average Bonchev–Trinajstić information content (AvgIpc) is 2.36. The van der Waals surface area contributed by atoms with E-state index in [1.54, 1.807) is 6.07 Å². The molecule has 0 heterocycles. The molecule has 1 aromatic carbocycles. The van der Waals surface area contributed by atoms with E-state index in [1.807, 2.05) is 19.1 Å². The molecule has 0 amide bonds. The van der Waals surface area contributed by atoms with Crippen molar-refractivity contribution in [2.75, 3.05) is 18.0 Å². The topological polar surface area (TPSA) is 29.3 Å². The Labute approximate surface area is 104 Å². The van der Waals surface area contributed by atoms with Crippen LogP contribution in [0.2, 0.25) is 0 Å². The number of benzene rings is 1. The molecule has 0 bridgehead atoms. The van der Waals surface area contributed by atoms with Gasteiger partial charge in [-0.3, -0.25) is 0 Å². The Morgan fingerprint density at radius 2 is 2.00 bits per heavy atom. The van der Waals surface area contributed by atoms with Crippen LogP contribution in [0.15, 0.2) is 24.3 Å². The predicted octanol–water partition coefficient (Wildman–Crippen LogP) is 3.17. The second-order valence-corrected chi connectivity index (χ2v) is 4.27. The highest BCUT2D eigenvalue weighted by atomic mass is 19.1. The molecule has 0 saturated carbocycles. The van der Waals surface area contributed by atoms with Gasteiger partial charge >= 0.3 is 0 Å². The molecule has 2 nitrogen and oxygen atoms in total. The van der Waals surface area contributed by atoms with Crippen LogP contribution in [0.3, 0.4) is 0 Å². The van der Waals surface area contributed by atoms with E-state index in [1.165, 1.54) is 6.07 Å². The van der Waals surface area contributed by atoms with Crippen molar-refractivity contribution >= 4 is 5.69 Å². The molecular weight excluding hydrogens is 215 g/mol. The monoisotopic (exact) mass is 238 g/mol. The highest BCUT2D eigenvalue weighted by Gasteiger charge is 2.18. The van der Waals surface area contributed by atoms with Gasteiger partial charge in [-0.2, -0.15) is 0 Å². The summed E-state index contributed by atoms with van der Waals surface area (Å²) in [6.07, 6.45) is 3.30. The van der Waals surface area contributed by atoms with Gasteiger partial charge < -0.3 is 10.6 Å². The minimum atomic E-state index is -0.163. The van der Waals surface area contributed by atoms with E-state index in [2.05, 4.69) is 11.8 Å². The Morgan fingerprint density at radius 3 is 2.53 bits per heavy atom. The number of para-hydroxylation sites is 1. The maximum Gasteiger partial charge on any atom is 0.146 e. The van der Waals surface area contributed by atoms with Gasteiger partial charge in [0.2, 0.25) is 0 Å². The Morgan fingerprint density at radius 1 is 1.29 bits per heavy atom. The minimum Gasteiger partial charge on any atom is -0.365 e. The molecule has 1 unspecified atom stereocenters. The van der Waals surface area contributed by atoms with Gasteiger partial charge in [-0.1, -0.05) is 31.9 Å². The molecule has 1 rings (SSSR count). The molecule has 0 saturated heterocycles. The van der Waals surface area contributed by atoms with Crippen LogP contribution in [0.1, 0.15) is 33.1 Å². The third-order valence-electron chi connectivity index (χ3n) is 3.11. The van der Waals surface area contributed by atoms with Crippen molar-refractivity contribution in [1.82, 2.24) is 0 Å². The van der Waals surface area contributed by atoms with Crippen molar-refractivity contribution in [2.45, 2.75) is 39.2 Å². The minimum absolute atomic E-state index is 0.163. The normalized spacial score (nSPS) is 12.5. The number of likely N-dealkylation sites (N-methyl/N-ethyl adjacent to an activating group) is 1. The molecular formula is C14H23FN2. The smallest absolute Gasteiger partial charge is 0.146 e. The lowest BCUT2D eigenvalue weighted by Crippen LogP contribution is -2.41. The molecule has 0 radical (unpaired) electrons. The summed E-state index contributed by atoms with van der Waals surface area (Å²) in [7, 11) is 0. The Kier molecular flexibility index (Phi) is 5.98. The molecule has 1 atom stereocenters. The zero-order chi connectivity index (χ0) is 12.7. The van der Waals surface area contributed by atoms with Crippen LogP contribution in [0.25, 0.3) is 0 Å². The number of rotatable bonds is 7. The fourth-order valence-corrected chi connectivity index (χ4v) is 2.15. The zero-order valence-corrected chi connectivity index (χ0v) is 10.8. The molecule has 0 aromatic heterocycles. The number of anilines is 1. The van der Waals surface area contributed by atoms with Gasteiger partial charge in [-0.15, -0.1) is 0 Å². The summed E-state index contributed by atoms with van der Waals surface area (Å²) in [6, 6.07) is 7.15. The van der Waals surface area contributed by atoms with Gasteiger partial charge in [0.25, 0.3) is 0 Å². The molecule has 1 aromatic rings. The van der Waals surface area contributed by atoms with Crippen LogP contribution in [0.4, 0.5) is 10.1 Å². The van der Waals surface area contributed by atoms with Crippen molar-refractivity contribution in [3.05, 3.63) is 30.1 Å². The fraction of sp³-hybridized carbons (Fsp3) is 0.571. The quantitative estimate of drug-likeness (QED) is 0.790. The molecule has 0 spiro atoms. The van der Waals surface area contributed by atoms with Crippen LogP contribution in [-0.2, 0) is 0 Å².